The molecule has 0 aromatic carbocycles. The Labute approximate surface area is 163 Å². The fraction of sp³-hybridized carbons (Fsp3) is 1.00. The van der Waals surface area contributed by atoms with Gasteiger partial charge in [0, 0.05) is 0 Å². The van der Waals surface area contributed by atoms with Crippen LogP contribution in [-0.4, -0.2) is 0 Å². The van der Waals surface area contributed by atoms with Crippen molar-refractivity contribution < 1.29 is 0 Å². The zero-order chi connectivity index (χ0) is 22.6. The van der Waals surface area contributed by atoms with Crippen molar-refractivity contribution >= 4 is 0 Å². The van der Waals surface area contributed by atoms with Gasteiger partial charge in [0.15, 0.2) is 0 Å². The minimum absolute atomic E-state index is 0.884. The van der Waals surface area contributed by atoms with Crippen molar-refractivity contribution in [3.8, 4) is 0 Å². The third-order valence-corrected chi connectivity index (χ3v) is 1.63. The molecule has 0 heteroatoms. The fourth-order valence-corrected chi connectivity index (χ4v) is 0. The maximum absolute atomic E-state index is 2.22. The summed E-state index contributed by atoms with van der Waals surface area (Å²) in [7, 11) is 0. The molecule has 0 nitrogen and oxygen atoms in total. The van der Waals surface area contributed by atoms with Crippen LogP contribution in [0.2, 0.25) is 0 Å². The molecule has 0 spiro atoms. The third-order valence-electron chi connectivity index (χ3n) is 1.63. The molecule has 24 heavy (non-hydrogen) atoms. The van der Waals surface area contributed by atoms with Gasteiger partial charge < -0.3 is 0 Å². The van der Waals surface area contributed by atoms with Gasteiger partial charge in [0.05, 0.1) is 0 Å². The zero-order valence-corrected chi connectivity index (χ0v) is 22.6. The topological polar surface area (TPSA) is 0 Å². The molecule has 0 amide bonds. The lowest BCUT2D eigenvalue weighted by Crippen LogP contribution is -1.77. The molecular formula is C24H66. The summed E-state index contributed by atoms with van der Waals surface area (Å²) in [4.78, 5) is 0. The van der Waals surface area contributed by atoms with Gasteiger partial charge in [-0.05, 0) is 11.8 Å². The zero-order valence-electron chi connectivity index (χ0n) is 22.6. The Morgan fingerprint density at radius 3 is 0.375 bits per heavy atom. The largest absolute Gasteiger partial charge is 0.0683 e. The van der Waals surface area contributed by atoms with E-state index in [1.54, 1.807) is 0 Å². The molecule has 0 heterocycles. The molecule has 0 aromatic rings. The van der Waals surface area contributed by atoms with Crippen molar-refractivity contribution in [2.45, 2.75) is 151 Å². The van der Waals surface area contributed by atoms with Gasteiger partial charge in [0.25, 0.3) is 0 Å². The predicted molar refractivity (Wildman–Crippen MR) is 130 cm³/mol. The molecule has 0 N–H and O–H groups in total. The van der Waals surface area contributed by atoms with Crippen LogP contribution in [0.5, 0.6) is 0 Å². The van der Waals surface area contributed by atoms with Crippen LogP contribution in [0.3, 0.4) is 0 Å². The number of rotatable bonds is 2. The standard InChI is InChI=1S/2C5H12.7C2H6/c2*1-4-5(2)3;7*1-2/h2*5H,4H2,1-3H3;7*1-2H3. The highest BCUT2D eigenvalue weighted by atomic mass is 13.9. The molecule has 0 saturated heterocycles. The number of hydrogen-bond donors (Lipinski definition) is 0. The Balaban J connectivity index is -0.0000000158. The van der Waals surface area contributed by atoms with Crippen LogP contribution in [0, 0.1) is 11.8 Å². The molecule has 0 aliphatic heterocycles. The minimum atomic E-state index is 0.884. The summed E-state index contributed by atoms with van der Waals surface area (Å²) in [6.07, 6.45) is 2.61. The summed E-state index contributed by atoms with van der Waals surface area (Å²) in [5.41, 5.74) is 0. The molecule has 0 aliphatic carbocycles. The summed E-state index contributed by atoms with van der Waals surface area (Å²) < 4.78 is 0. The van der Waals surface area contributed by atoms with E-state index < -0.39 is 0 Å². The molecule has 0 atom stereocenters. The molecule has 0 radical (unpaired) electrons. The SMILES string of the molecule is CC.CC.CC.CC.CC.CC.CC.CCC(C)C.CCC(C)C. The van der Waals surface area contributed by atoms with Crippen LogP contribution >= 0.6 is 0 Å². The Morgan fingerprint density at radius 2 is 0.375 bits per heavy atom. The fourth-order valence-electron chi connectivity index (χ4n) is 0. The quantitative estimate of drug-likeness (QED) is 0.462. The second kappa shape index (κ2) is 174. The van der Waals surface area contributed by atoms with E-state index in [0.717, 1.165) is 11.8 Å². The van der Waals surface area contributed by atoms with Crippen LogP contribution in [0.4, 0.5) is 0 Å². The van der Waals surface area contributed by atoms with E-state index in [-0.39, 0.29) is 0 Å². The van der Waals surface area contributed by atoms with Gasteiger partial charge in [0.1, 0.15) is 0 Å². The van der Waals surface area contributed by atoms with Gasteiger partial charge in [-0.2, -0.15) is 0 Å². The van der Waals surface area contributed by atoms with Crippen molar-refractivity contribution in [3.05, 3.63) is 0 Å². The van der Waals surface area contributed by atoms with Crippen molar-refractivity contribution in [2.24, 2.45) is 11.8 Å². The first-order valence-corrected chi connectivity index (χ1v) is 11.5. The van der Waals surface area contributed by atoms with Gasteiger partial charge in [-0.25, -0.2) is 0 Å². The van der Waals surface area contributed by atoms with Crippen LogP contribution in [0.1, 0.15) is 151 Å². The first kappa shape index (κ1) is 56.4. The smallest absolute Gasteiger partial charge is 0.0474 e. The van der Waals surface area contributed by atoms with Crippen LogP contribution < -0.4 is 0 Å². The van der Waals surface area contributed by atoms with Crippen LogP contribution in [0.25, 0.3) is 0 Å². The first-order valence-electron chi connectivity index (χ1n) is 11.5. The lowest BCUT2D eigenvalue weighted by Gasteiger charge is -1.90. The van der Waals surface area contributed by atoms with Gasteiger partial charge >= 0.3 is 0 Å². The van der Waals surface area contributed by atoms with E-state index in [9.17, 15) is 0 Å². The van der Waals surface area contributed by atoms with Gasteiger partial charge in [0.2, 0.25) is 0 Å². The Hall–Kier alpha value is 0. The molecule has 0 saturated carbocycles. The van der Waals surface area contributed by atoms with E-state index in [1.807, 2.05) is 96.9 Å². The molecule has 0 bridgehead atoms. The van der Waals surface area contributed by atoms with E-state index >= 15 is 0 Å². The van der Waals surface area contributed by atoms with E-state index in [1.165, 1.54) is 12.8 Å². The average molecular weight is 355 g/mol. The highest BCUT2D eigenvalue weighted by molar-refractivity contribution is 4.33. The first-order chi connectivity index (χ1) is 11.5. The van der Waals surface area contributed by atoms with Crippen LogP contribution in [0.15, 0.2) is 0 Å². The lowest BCUT2D eigenvalue weighted by atomic mass is 10.2. The van der Waals surface area contributed by atoms with Crippen molar-refractivity contribution in [2.75, 3.05) is 0 Å². The molecule has 0 aliphatic rings. The van der Waals surface area contributed by atoms with E-state index in [2.05, 4.69) is 41.5 Å². The van der Waals surface area contributed by atoms with Gasteiger partial charge in [-0.1, -0.05) is 151 Å². The molecular weight excluding hydrogens is 288 g/mol. The average Bonchev–Trinajstić information content (AvgIpc) is 2.73. The second-order valence-corrected chi connectivity index (χ2v) is 3.60. The van der Waals surface area contributed by atoms with Gasteiger partial charge in [-0.3, -0.25) is 0 Å². The second-order valence-electron chi connectivity index (χ2n) is 3.60. The van der Waals surface area contributed by atoms with Crippen molar-refractivity contribution in [1.29, 1.82) is 0 Å². The maximum Gasteiger partial charge on any atom is -0.0474 e. The summed E-state index contributed by atoms with van der Waals surface area (Å²) in [5.74, 6) is 1.77. The number of hydrogen-bond acceptors (Lipinski definition) is 0. The Morgan fingerprint density at radius 1 is 0.333 bits per heavy atom. The normalized spacial score (nSPS) is 5.75. The maximum atomic E-state index is 2.22. The minimum Gasteiger partial charge on any atom is -0.0683 e. The predicted octanol–water partition coefficient (Wildman–Crippen LogP) is 11.3. The van der Waals surface area contributed by atoms with Gasteiger partial charge in [-0.15, -0.1) is 0 Å². The monoisotopic (exact) mass is 355 g/mol. The Bertz CT molecular complexity index is 36.0. The molecule has 0 unspecified atom stereocenters. The van der Waals surface area contributed by atoms with Crippen LogP contribution in [-0.2, 0) is 0 Å². The highest BCUT2D eigenvalue weighted by Gasteiger charge is 1.80. The molecule has 0 fully saturated rings. The highest BCUT2D eigenvalue weighted by Crippen LogP contribution is 1.94. The Kier molecular flexibility index (Phi) is 409. The summed E-state index contributed by atoms with van der Waals surface area (Å²) in [6.45, 7) is 41.3. The molecule has 0 aromatic heterocycles. The molecule has 162 valence electrons. The van der Waals surface area contributed by atoms with E-state index in [0.29, 0.717) is 0 Å². The summed E-state index contributed by atoms with van der Waals surface area (Å²) >= 11 is 0. The van der Waals surface area contributed by atoms with Crippen molar-refractivity contribution in [1.82, 2.24) is 0 Å². The molecule has 0 rings (SSSR count). The summed E-state index contributed by atoms with van der Waals surface area (Å²) in [6, 6.07) is 0. The third kappa shape index (κ3) is 606. The van der Waals surface area contributed by atoms with E-state index in [4.69, 9.17) is 0 Å². The summed E-state index contributed by atoms with van der Waals surface area (Å²) in [5, 5.41) is 0. The van der Waals surface area contributed by atoms with Crippen molar-refractivity contribution in [3.63, 3.8) is 0 Å². The lowest BCUT2D eigenvalue weighted by molar-refractivity contribution is 0.626.